The van der Waals surface area contributed by atoms with Gasteiger partial charge in [0.25, 0.3) is 0 Å². The number of aryl methyl sites for hydroxylation is 1. The van der Waals surface area contributed by atoms with Crippen molar-refractivity contribution in [3.05, 3.63) is 56.8 Å². The van der Waals surface area contributed by atoms with Gasteiger partial charge in [0.05, 0.1) is 11.3 Å². The van der Waals surface area contributed by atoms with E-state index >= 15 is 0 Å². The van der Waals surface area contributed by atoms with Crippen LogP contribution in [0.4, 0.5) is 5.88 Å². The highest BCUT2D eigenvalue weighted by molar-refractivity contribution is 9.10. The molecule has 1 N–H and O–H groups in total. The van der Waals surface area contributed by atoms with E-state index in [0.717, 1.165) is 45.4 Å². The Hall–Kier alpha value is -1.88. The fourth-order valence-corrected chi connectivity index (χ4v) is 3.85. The van der Waals surface area contributed by atoms with E-state index in [-0.39, 0.29) is 11.7 Å². The molecule has 0 bridgehead atoms. The van der Waals surface area contributed by atoms with Gasteiger partial charge in [-0.2, -0.15) is 0 Å². The van der Waals surface area contributed by atoms with Crippen molar-refractivity contribution < 1.29 is 9.32 Å². The van der Waals surface area contributed by atoms with E-state index in [1.807, 2.05) is 19.1 Å². The SMILES string of the molecule is Cc1noc2c1C(c1cccc(Br)c1)C1=C(CCCC1=O)N2. The molecule has 1 aromatic heterocycles. The number of nitrogens with one attached hydrogen (secondary N) is 1. The van der Waals surface area contributed by atoms with Crippen LogP contribution in [0.3, 0.4) is 0 Å². The van der Waals surface area contributed by atoms with Gasteiger partial charge in [0.2, 0.25) is 5.88 Å². The number of rotatable bonds is 1. The maximum atomic E-state index is 12.6. The predicted octanol–water partition coefficient (Wildman–Crippen LogP) is 4.31. The number of hydrogen-bond acceptors (Lipinski definition) is 4. The lowest BCUT2D eigenvalue weighted by molar-refractivity contribution is -0.116. The first-order chi connectivity index (χ1) is 10.6. The summed E-state index contributed by atoms with van der Waals surface area (Å²) >= 11 is 3.53. The number of nitrogens with zero attached hydrogens (tertiary/aromatic N) is 1. The summed E-state index contributed by atoms with van der Waals surface area (Å²) in [6.45, 7) is 1.92. The Labute approximate surface area is 136 Å². The highest BCUT2D eigenvalue weighted by Gasteiger charge is 2.38. The van der Waals surface area contributed by atoms with Crippen LogP contribution >= 0.6 is 15.9 Å². The number of Topliss-reactive ketones (excluding diaryl/α,β-unsaturated/α-hetero) is 1. The van der Waals surface area contributed by atoms with Gasteiger partial charge in [0.15, 0.2) is 5.78 Å². The third-order valence-corrected chi connectivity index (χ3v) is 4.88. The molecule has 1 atom stereocenters. The number of halogens is 1. The third-order valence-electron chi connectivity index (χ3n) is 4.39. The minimum Gasteiger partial charge on any atom is -0.338 e. The quantitative estimate of drug-likeness (QED) is 0.824. The molecule has 0 saturated heterocycles. The molecule has 112 valence electrons. The first kappa shape index (κ1) is 13.8. The molecule has 0 radical (unpaired) electrons. The van der Waals surface area contributed by atoms with Gasteiger partial charge in [0, 0.05) is 28.1 Å². The zero-order valence-corrected chi connectivity index (χ0v) is 13.7. The highest BCUT2D eigenvalue weighted by Crippen LogP contribution is 2.46. The molecule has 5 heteroatoms. The van der Waals surface area contributed by atoms with Gasteiger partial charge >= 0.3 is 0 Å². The molecule has 1 aliphatic heterocycles. The van der Waals surface area contributed by atoms with Gasteiger partial charge in [0.1, 0.15) is 0 Å². The molecule has 0 amide bonds. The van der Waals surface area contributed by atoms with E-state index in [2.05, 4.69) is 38.5 Å². The van der Waals surface area contributed by atoms with Crippen LogP contribution in [0.1, 0.15) is 42.0 Å². The highest BCUT2D eigenvalue weighted by atomic mass is 79.9. The second-order valence-corrected chi connectivity index (χ2v) is 6.71. The molecule has 1 aromatic carbocycles. The number of allylic oxidation sites excluding steroid dienone is 2. The summed E-state index contributed by atoms with van der Waals surface area (Å²) in [4.78, 5) is 12.6. The van der Waals surface area contributed by atoms with E-state index in [4.69, 9.17) is 4.52 Å². The molecule has 2 heterocycles. The number of anilines is 1. The summed E-state index contributed by atoms with van der Waals surface area (Å²) in [7, 11) is 0. The monoisotopic (exact) mass is 358 g/mol. The zero-order valence-electron chi connectivity index (χ0n) is 12.1. The van der Waals surface area contributed by atoms with Crippen molar-refractivity contribution in [2.45, 2.75) is 32.1 Å². The third kappa shape index (κ3) is 2.03. The summed E-state index contributed by atoms with van der Waals surface area (Å²) in [5.41, 5.74) is 4.77. The topological polar surface area (TPSA) is 55.1 Å². The van der Waals surface area contributed by atoms with Crippen molar-refractivity contribution in [3.63, 3.8) is 0 Å². The summed E-state index contributed by atoms with van der Waals surface area (Å²) in [5.74, 6) is 0.809. The average Bonchev–Trinajstić information content (AvgIpc) is 2.87. The van der Waals surface area contributed by atoms with E-state index in [9.17, 15) is 4.79 Å². The molecule has 2 aliphatic rings. The summed E-state index contributed by atoms with van der Waals surface area (Å²) < 4.78 is 6.44. The number of carbonyl (C=O) groups excluding carboxylic acids is 1. The predicted molar refractivity (Wildman–Crippen MR) is 86.7 cm³/mol. The number of hydrogen-bond donors (Lipinski definition) is 1. The van der Waals surface area contributed by atoms with Crippen LogP contribution in [-0.4, -0.2) is 10.9 Å². The van der Waals surface area contributed by atoms with Crippen LogP contribution in [0.15, 0.2) is 44.5 Å². The molecular formula is C17H15BrN2O2. The second kappa shape index (κ2) is 5.09. The van der Waals surface area contributed by atoms with Crippen molar-refractivity contribution in [1.82, 2.24) is 5.16 Å². The number of benzene rings is 1. The van der Waals surface area contributed by atoms with Crippen LogP contribution in [0.2, 0.25) is 0 Å². The molecule has 1 aliphatic carbocycles. The fraction of sp³-hybridized carbons (Fsp3) is 0.294. The maximum Gasteiger partial charge on any atom is 0.233 e. The first-order valence-electron chi connectivity index (χ1n) is 7.40. The molecule has 0 spiro atoms. The van der Waals surface area contributed by atoms with E-state index < -0.39 is 0 Å². The van der Waals surface area contributed by atoms with Gasteiger partial charge < -0.3 is 9.84 Å². The molecule has 4 rings (SSSR count). The fourth-order valence-electron chi connectivity index (χ4n) is 3.44. The summed E-state index contributed by atoms with van der Waals surface area (Å²) in [5, 5.41) is 7.37. The second-order valence-electron chi connectivity index (χ2n) is 5.79. The Morgan fingerprint density at radius 3 is 3.05 bits per heavy atom. The number of aromatic nitrogens is 1. The Bertz CT molecular complexity index is 807. The lowest BCUT2D eigenvalue weighted by Crippen LogP contribution is -2.26. The molecule has 2 aromatic rings. The Morgan fingerprint density at radius 1 is 1.36 bits per heavy atom. The normalized spacial score (nSPS) is 20.5. The van der Waals surface area contributed by atoms with Gasteiger partial charge in [-0.25, -0.2) is 0 Å². The molecule has 0 saturated carbocycles. The van der Waals surface area contributed by atoms with Gasteiger partial charge in [-0.05, 0) is 37.5 Å². The number of carbonyl (C=O) groups is 1. The first-order valence-corrected chi connectivity index (χ1v) is 8.19. The smallest absolute Gasteiger partial charge is 0.233 e. The number of fused-ring (bicyclic) bond motifs is 1. The summed E-state index contributed by atoms with van der Waals surface area (Å²) in [6.07, 6.45) is 2.38. The Balaban J connectivity index is 1.96. The van der Waals surface area contributed by atoms with Gasteiger partial charge in [-0.1, -0.05) is 33.2 Å². The van der Waals surface area contributed by atoms with Crippen molar-refractivity contribution in [1.29, 1.82) is 0 Å². The molecule has 0 fully saturated rings. The zero-order chi connectivity index (χ0) is 15.3. The van der Waals surface area contributed by atoms with Crippen molar-refractivity contribution in [2.75, 3.05) is 5.32 Å². The van der Waals surface area contributed by atoms with E-state index in [1.54, 1.807) is 0 Å². The van der Waals surface area contributed by atoms with Crippen molar-refractivity contribution in [3.8, 4) is 0 Å². The lowest BCUT2D eigenvalue weighted by Gasteiger charge is -2.31. The molecule has 1 unspecified atom stereocenters. The van der Waals surface area contributed by atoms with Crippen molar-refractivity contribution >= 4 is 27.6 Å². The van der Waals surface area contributed by atoms with E-state index in [1.165, 1.54) is 0 Å². The van der Waals surface area contributed by atoms with Gasteiger partial charge in [-0.15, -0.1) is 0 Å². The molecule has 4 nitrogen and oxygen atoms in total. The standard InChI is InChI=1S/C17H15BrN2O2/c1-9-14-15(10-4-2-5-11(18)8-10)16-12(6-3-7-13(16)21)19-17(14)22-20-9/h2,4-5,8,15,19H,3,6-7H2,1H3. The van der Waals surface area contributed by atoms with Crippen LogP contribution in [0, 0.1) is 6.92 Å². The Kier molecular flexibility index (Phi) is 3.18. The molecule has 22 heavy (non-hydrogen) atoms. The average molecular weight is 359 g/mol. The number of ketones is 1. The van der Waals surface area contributed by atoms with Crippen LogP contribution in [0.25, 0.3) is 0 Å². The van der Waals surface area contributed by atoms with E-state index in [0.29, 0.717) is 12.3 Å². The van der Waals surface area contributed by atoms with Crippen LogP contribution in [0.5, 0.6) is 0 Å². The van der Waals surface area contributed by atoms with Crippen LogP contribution < -0.4 is 5.32 Å². The largest absolute Gasteiger partial charge is 0.338 e. The maximum absolute atomic E-state index is 12.6. The minimum atomic E-state index is -0.0946. The molecular weight excluding hydrogens is 344 g/mol. The van der Waals surface area contributed by atoms with Gasteiger partial charge in [-0.3, -0.25) is 4.79 Å². The van der Waals surface area contributed by atoms with Crippen LogP contribution in [-0.2, 0) is 4.79 Å². The van der Waals surface area contributed by atoms with Crippen molar-refractivity contribution in [2.24, 2.45) is 0 Å². The lowest BCUT2D eigenvalue weighted by atomic mass is 9.76. The Morgan fingerprint density at radius 2 is 2.23 bits per heavy atom. The summed E-state index contributed by atoms with van der Waals surface area (Å²) in [6, 6.07) is 8.11. The minimum absolute atomic E-state index is 0.0946.